The summed E-state index contributed by atoms with van der Waals surface area (Å²) in [7, 11) is -3.35. The maximum Gasteiger partial charge on any atom is 0.357 e. The summed E-state index contributed by atoms with van der Waals surface area (Å²) >= 11 is 0. The van der Waals surface area contributed by atoms with Crippen molar-refractivity contribution in [2.45, 2.75) is 33.0 Å². The van der Waals surface area contributed by atoms with Crippen molar-refractivity contribution in [1.29, 1.82) is 0 Å². The predicted molar refractivity (Wildman–Crippen MR) is 99.5 cm³/mol. The van der Waals surface area contributed by atoms with Gasteiger partial charge in [0.2, 0.25) is 0 Å². The molecule has 0 heterocycles. The Bertz CT molecular complexity index is 648. The van der Waals surface area contributed by atoms with Gasteiger partial charge < -0.3 is 14.4 Å². The lowest BCUT2D eigenvalue weighted by Crippen LogP contribution is -2.15. The predicted octanol–water partition coefficient (Wildman–Crippen LogP) is 5.63. The van der Waals surface area contributed by atoms with Crippen LogP contribution in [0.1, 0.15) is 37.7 Å². The van der Waals surface area contributed by atoms with Crippen LogP contribution in [0.3, 0.4) is 0 Å². The lowest BCUT2D eigenvalue weighted by molar-refractivity contribution is 0.214. The summed E-state index contributed by atoms with van der Waals surface area (Å²) < 4.78 is 24.5. The van der Waals surface area contributed by atoms with Gasteiger partial charge in [0, 0.05) is 5.69 Å². The molecule has 2 aromatic carbocycles. The molecule has 0 spiro atoms. The van der Waals surface area contributed by atoms with Crippen molar-refractivity contribution in [1.82, 2.24) is 0 Å². The standard InChI is InChI=1S/C19H26NO3P/c1-4-16-12-14-18(15-13-16)20-19(17-10-8-7-9-11-17)24(21,22-5-2)23-6-3/h7-15,19-20H,4-6H2,1-3H3. The number of hydrogen-bond donors (Lipinski definition) is 1. The summed E-state index contributed by atoms with van der Waals surface area (Å²) in [5, 5.41) is 3.34. The van der Waals surface area contributed by atoms with Gasteiger partial charge in [-0.3, -0.25) is 4.57 Å². The maximum atomic E-state index is 13.3. The minimum Gasteiger partial charge on any atom is -0.368 e. The summed E-state index contributed by atoms with van der Waals surface area (Å²) in [5.74, 6) is -0.550. The molecule has 24 heavy (non-hydrogen) atoms. The molecule has 0 bridgehead atoms. The highest BCUT2D eigenvalue weighted by atomic mass is 31.2. The number of benzene rings is 2. The number of anilines is 1. The highest BCUT2D eigenvalue weighted by molar-refractivity contribution is 7.54. The Morgan fingerprint density at radius 2 is 1.50 bits per heavy atom. The zero-order valence-electron chi connectivity index (χ0n) is 14.6. The van der Waals surface area contributed by atoms with Crippen LogP contribution in [0.4, 0.5) is 5.69 Å². The fraction of sp³-hybridized carbons (Fsp3) is 0.368. The molecule has 0 saturated carbocycles. The van der Waals surface area contributed by atoms with Gasteiger partial charge in [0.1, 0.15) is 0 Å². The third kappa shape index (κ3) is 4.70. The molecular formula is C19H26NO3P. The van der Waals surface area contributed by atoms with E-state index < -0.39 is 13.4 Å². The van der Waals surface area contributed by atoms with Crippen molar-refractivity contribution in [3.8, 4) is 0 Å². The van der Waals surface area contributed by atoms with Crippen LogP contribution >= 0.6 is 7.60 Å². The van der Waals surface area contributed by atoms with E-state index in [1.165, 1.54) is 5.56 Å². The lowest BCUT2D eigenvalue weighted by atomic mass is 10.1. The Labute approximate surface area is 144 Å². The number of aryl methyl sites for hydroxylation is 1. The molecular weight excluding hydrogens is 321 g/mol. The zero-order chi connectivity index (χ0) is 17.4. The number of nitrogens with one attached hydrogen (secondary N) is 1. The highest BCUT2D eigenvalue weighted by Crippen LogP contribution is 2.60. The van der Waals surface area contributed by atoms with E-state index in [4.69, 9.17) is 9.05 Å². The SMILES string of the molecule is CCOP(=O)(OCC)C(Nc1ccc(CC)cc1)c1ccccc1. The van der Waals surface area contributed by atoms with Crippen LogP contribution in [0.5, 0.6) is 0 Å². The summed E-state index contributed by atoms with van der Waals surface area (Å²) in [6, 6.07) is 17.8. The van der Waals surface area contributed by atoms with Crippen LogP contribution < -0.4 is 5.32 Å². The van der Waals surface area contributed by atoms with Crippen molar-refractivity contribution >= 4 is 13.3 Å². The summed E-state index contributed by atoms with van der Waals surface area (Å²) in [6.07, 6.45) is 0.985. The molecule has 0 amide bonds. The molecule has 1 N–H and O–H groups in total. The minimum absolute atomic E-state index is 0.330. The molecule has 0 fully saturated rings. The van der Waals surface area contributed by atoms with E-state index in [1.54, 1.807) is 0 Å². The van der Waals surface area contributed by atoms with Gasteiger partial charge in [-0.25, -0.2) is 0 Å². The first-order chi connectivity index (χ1) is 11.6. The fourth-order valence-electron chi connectivity index (χ4n) is 2.52. The van der Waals surface area contributed by atoms with Gasteiger partial charge in [-0.15, -0.1) is 0 Å². The van der Waals surface area contributed by atoms with Gasteiger partial charge >= 0.3 is 7.60 Å². The average Bonchev–Trinajstić information content (AvgIpc) is 2.61. The Balaban J connectivity index is 2.36. The minimum atomic E-state index is -3.35. The summed E-state index contributed by atoms with van der Waals surface area (Å²) in [6.45, 7) is 6.43. The maximum absolute atomic E-state index is 13.3. The van der Waals surface area contributed by atoms with Gasteiger partial charge in [0.15, 0.2) is 5.78 Å². The van der Waals surface area contributed by atoms with E-state index in [1.807, 2.05) is 56.3 Å². The van der Waals surface area contributed by atoms with E-state index in [0.29, 0.717) is 13.2 Å². The van der Waals surface area contributed by atoms with E-state index >= 15 is 0 Å². The van der Waals surface area contributed by atoms with Crippen LogP contribution in [0.25, 0.3) is 0 Å². The second-order valence-electron chi connectivity index (χ2n) is 5.38. The molecule has 0 aliphatic carbocycles. The normalized spacial score (nSPS) is 12.8. The van der Waals surface area contributed by atoms with E-state index in [0.717, 1.165) is 17.7 Å². The second kappa shape index (κ2) is 9.03. The monoisotopic (exact) mass is 347 g/mol. The highest BCUT2D eigenvalue weighted by Gasteiger charge is 2.36. The molecule has 2 rings (SSSR count). The molecule has 4 nitrogen and oxygen atoms in total. The van der Waals surface area contributed by atoms with Crippen LogP contribution in [0.2, 0.25) is 0 Å². The van der Waals surface area contributed by atoms with Crippen molar-refractivity contribution in [3.05, 3.63) is 65.7 Å². The van der Waals surface area contributed by atoms with Crippen LogP contribution in [-0.4, -0.2) is 13.2 Å². The van der Waals surface area contributed by atoms with Gasteiger partial charge in [-0.05, 0) is 43.5 Å². The molecule has 0 aliphatic rings. The van der Waals surface area contributed by atoms with E-state index in [2.05, 4.69) is 24.4 Å². The van der Waals surface area contributed by atoms with Crippen LogP contribution in [-0.2, 0) is 20.0 Å². The van der Waals surface area contributed by atoms with Crippen molar-refractivity contribution in [3.63, 3.8) is 0 Å². The molecule has 0 saturated heterocycles. The lowest BCUT2D eigenvalue weighted by Gasteiger charge is -2.28. The smallest absolute Gasteiger partial charge is 0.357 e. The molecule has 1 atom stereocenters. The second-order valence-corrected chi connectivity index (χ2v) is 7.50. The van der Waals surface area contributed by atoms with E-state index in [-0.39, 0.29) is 0 Å². The van der Waals surface area contributed by atoms with Gasteiger partial charge in [0.25, 0.3) is 0 Å². The van der Waals surface area contributed by atoms with Crippen molar-refractivity contribution in [2.75, 3.05) is 18.5 Å². The first-order valence-corrected chi connectivity index (χ1v) is 10.0. The Morgan fingerprint density at radius 3 is 2.00 bits per heavy atom. The van der Waals surface area contributed by atoms with Crippen molar-refractivity contribution in [2.24, 2.45) is 0 Å². The zero-order valence-corrected chi connectivity index (χ0v) is 15.5. The molecule has 0 aliphatic heterocycles. The van der Waals surface area contributed by atoms with Crippen molar-refractivity contribution < 1.29 is 13.6 Å². The van der Waals surface area contributed by atoms with Crippen LogP contribution in [0.15, 0.2) is 54.6 Å². The Kier molecular flexibility index (Phi) is 7.04. The molecule has 1 unspecified atom stereocenters. The van der Waals surface area contributed by atoms with Gasteiger partial charge in [-0.1, -0.05) is 49.4 Å². The van der Waals surface area contributed by atoms with Gasteiger partial charge in [-0.2, -0.15) is 0 Å². The number of hydrogen-bond acceptors (Lipinski definition) is 4. The topological polar surface area (TPSA) is 47.6 Å². The molecule has 130 valence electrons. The third-order valence-corrected chi connectivity index (χ3v) is 6.01. The Hall–Kier alpha value is -1.61. The number of rotatable bonds is 9. The van der Waals surface area contributed by atoms with Gasteiger partial charge in [0.05, 0.1) is 13.2 Å². The fourth-order valence-corrected chi connectivity index (χ4v) is 4.46. The van der Waals surface area contributed by atoms with Crippen LogP contribution in [0, 0.1) is 0 Å². The summed E-state index contributed by atoms with van der Waals surface area (Å²) in [4.78, 5) is 0. The average molecular weight is 347 g/mol. The molecule has 5 heteroatoms. The largest absolute Gasteiger partial charge is 0.368 e. The van der Waals surface area contributed by atoms with E-state index in [9.17, 15) is 4.57 Å². The Morgan fingerprint density at radius 1 is 0.917 bits per heavy atom. The first kappa shape index (κ1) is 18.7. The molecule has 2 aromatic rings. The third-order valence-electron chi connectivity index (χ3n) is 3.72. The summed E-state index contributed by atoms with van der Waals surface area (Å²) in [5.41, 5.74) is 3.03. The molecule has 0 aromatic heterocycles. The molecule has 0 radical (unpaired) electrons. The first-order valence-electron chi connectivity index (χ1n) is 8.42. The quantitative estimate of drug-likeness (QED) is 0.598.